The van der Waals surface area contributed by atoms with Crippen LogP contribution in [0.5, 0.6) is 11.5 Å². The van der Waals surface area contributed by atoms with Gasteiger partial charge in [0.2, 0.25) is 0 Å². The minimum absolute atomic E-state index is 0.0637. The van der Waals surface area contributed by atoms with Gasteiger partial charge in [0.05, 0.1) is 12.1 Å². The normalized spacial score (nSPS) is 20.1. The van der Waals surface area contributed by atoms with Gasteiger partial charge in [0.15, 0.2) is 11.5 Å². The minimum atomic E-state index is -3.67. The molecule has 1 aliphatic heterocycles. The quantitative estimate of drug-likeness (QED) is 0.852. The monoisotopic (exact) mass is 245 g/mol. The molecule has 1 aromatic carbocycles. The molecule has 0 fully saturated rings. The molecular formula is C11H13F2NO3. The number of halogens is 2. The first-order chi connectivity index (χ1) is 7.94. The lowest BCUT2D eigenvalue weighted by Gasteiger charge is -2.18. The van der Waals surface area contributed by atoms with Crippen LogP contribution in [0.4, 0.5) is 8.78 Å². The number of fused-ring (bicyclic) bond motifs is 1. The Morgan fingerprint density at radius 3 is 2.76 bits per heavy atom. The van der Waals surface area contributed by atoms with E-state index in [1.807, 2.05) is 0 Å². The van der Waals surface area contributed by atoms with Gasteiger partial charge in [-0.25, -0.2) is 0 Å². The summed E-state index contributed by atoms with van der Waals surface area (Å²) in [5, 5.41) is 9.63. The summed E-state index contributed by atoms with van der Waals surface area (Å²) in [6, 6.07) is 3.64. The summed E-state index contributed by atoms with van der Waals surface area (Å²) in [5.74, 6) is -0.163. The van der Waals surface area contributed by atoms with Gasteiger partial charge >= 0.3 is 6.29 Å². The second kappa shape index (κ2) is 4.12. The maximum atomic E-state index is 12.9. The van der Waals surface area contributed by atoms with Crippen LogP contribution in [0.15, 0.2) is 18.2 Å². The molecule has 0 spiro atoms. The van der Waals surface area contributed by atoms with Gasteiger partial charge in [0, 0.05) is 5.56 Å². The Hall–Kier alpha value is -1.40. The number of aliphatic hydroxyl groups is 1. The Balaban J connectivity index is 2.36. The summed E-state index contributed by atoms with van der Waals surface area (Å²) < 4.78 is 34.5. The molecule has 0 amide bonds. The van der Waals surface area contributed by atoms with E-state index in [4.69, 9.17) is 5.73 Å². The lowest BCUT2D eigenvalue weighted by atomic mass is 9.99. The fourth-order valence-electron chi connectivity index (χ4n) is 1.71. The average molecular weight is 245 g/mol. The number of para-hydroxylation sites is 1. The van der Waals surface area contributed by atoms with Crippen molar-refractivity contribution >= 4 is 0 Å². The van der Waals surface area contributed by atoms with Gasteiger partial charge < -0.3 is 20.3 Å². The molecule has 0 saturated heterocycles. The molecule has 1 aliphatic rings. The highest BCUT2D eigenvalue weighted by molar-refractivity contribution is 5.50. The van der Waals surface area contributed by atoms with E-state index >= 15 is 0 Å². The van der Waals surface area contributed by atoms with E-state index in [-0.39, 0.29) is 11.5 Å². The summed E-state index contributed by atoms with van der Waals surface area (Å²) in [6.45, 7) is 1.75. The molecule has 0 aliphatic carbocycles. The summed E-state index contributed by atoms with van der Waals surface area (Å²) >= 11 is 0. The van der Waals surface area contributed by atoms with Gasteiger partial charge in [0.1, 0.15) is 0 Å². The number of alkyl halides is 2. The van der Waals surface area contributed by atoms with Crippen molar-refractivity contribution < 1.29 is 23.4 Å². The molecule has 1 aromatic rings. The van der Waals surface area contributed by atoms with Crippen molar-refractivity contribution in [3.05, 3.63) is 23.8 Å². The topological polar surface area (TPSA) is 64.7 Å². The second-order valence-corrected chi connectivity index (χ2v) is 3.84. The number of hydrogen-bond donors (Lipinski definition) is 2. The lowest BCUT2D eigenvalue weighted by molar-refractivity contribution is -0.287. The predicted molar refractivity (Wildman–Crippen MR) is 55.9 cm³/mol. The van der Waals surface area contributed by atoms with E-state index in [9.17, 15) is 13.9 Å². The molecule has 94 valence electrons. The van der Waals surface area contributed by atoms with E-state index in [0.717, 1.165) is 0 Å². The van der Waals surface area contributed by atoms with Crippen LogP contribution < -0.4 is 15.2 Å². The Labute approximate surface area is 96.9 Å². The zero-order chi connectivity index (χ0) is 12.6. The molecule has 3 N–H and O–H groups in total. The molecule has 0 radical (unpaired) electrons. The maximum absolute atomic E-state index is 12.9. The molecule has 2 rings (SSSR count). The number of aliphatic hydroxyl groups excluding tert-OH is 1. The maximum Gasteiger partial charge on any atom is 0.586 e. The van der Waals surface area contributed by atoms with Crippen LogP contribution >= 0.6 is 0 Å². The fourth-order valence-corrected chi connectivity index (χ4v) is 1.71. The fraction of sp³-hybridized carbons (Fsp3) is 0.455. The highest BCUT2D eigenvalue weighted by atomic mass is 19.3. The zero-order valence-electron chi connectivity index (χ0n) is 9.19. The van der Waals surface area contributed by atoms with Crippen LogP contribution in [0.3, 0.4) is 0 Å². The van der Waals surface area contributed by atoms with Crippen molar-refractivity contribution in [1.29, 1.82) is 0 Å². The first-order valence-corrected chi connectivity index (χ1v) is 5.27. The highest BCUT2D eigenvalue weighted by Crippen LogP contribution is 2.45. The first kappa shape index (κ1) is 12.1. The van der Waals surface area contributed by atoms with E-state index in [1.165, 1.54) is 18.2 Å². The van der Waals surface area contributed by atoms with Gasteiger partial charge in [-0.2, -0.15) is 0 Å². The standard InChI is InChI=1S/C11H13F2NO3/c1-2-7(15)9(14)6-4-3-5-8-10(6)17-11(12,13)16-8/h3-5,7,9,15H,2,14H2,1H3/t7-,9+/m1/s1. The lowest BCUT2D eigenvalue weighted by Crippen LogP contribution is -2.28. The predicted octanol–water partition coefficient (Wildman–Crippen LogP) is 1.78. The van der Waals surface area contributed by atoms with Crippen molar-refractivity contribution in [2.24, 2.45) is 5.73 Å². The number of benzene rings is 1. The van der Waals surface area contributed by atoms with Crippen LogP contribution in [0.2, 0.25) is 0 Å². The Bertz CT molecular complexity index is 425. The molecular weight excluding hydrogens is 232 g/mol. The van der Waals surface area contributed by atoms with Crippen molar-refractivity contribution in [1.82, 2.24) is 0 Å². The third kappa shape index (κ3) is 2.18. The van der Waals surface area contributed by atoms with Crippen LogP contribution in [-0.4, -0.2) is 17.5 Å². The summed E-state index contributed by atoms with van der Waals surface area (Å²) in [6.07, 6.45) is -4.07. The van der Waals surface area contributed by atoms with E-state index < -0.39 is 18.4 Å². The largest absolute Gasteiger partial charge is 0.586 e. The van der Waals surface area contributed by atoms with Crippen molar-refractivity contribution in [3.8, 4) is 11.5 Å². The molecule has 17 heavy (non-hydrogen) atoms. The summed E-state index contributed by atoms with van der Waals surface area (Å²) in [7, 11) is 0. The number of ether oxygens (including phenoxy) is 2. The van der Waals surface area contributed by atoms with Crippen molar-refractivity contribution in [2.45, 2.75) is 31.8 Å². The average Bonchev–Trinajstić information content (AvgIpc) is 2.60. The van der Waals surface area contributed by atoms with Gasteiger partial charge in [-0.05, 0) is 12.5 Å². The van der Waals surface area contributed by atoms with Crippen LogP contribution in [0.1, 0.15) is 24.9 Å². The third-order valence-electron chi connectivity index (χ3n) is 2.65. The Morgan fingerprint density at radius 1 is 1.41 bits per heavy atom. The molecule has 4 nitrogen and oxygen atoms in total. The van der Waals surface area contributed by atoms with Crippen LogP contribution in [-0.2, 0) is 0 Å². The molecule has 6 heteroatoms. The molecule has 0 saturated carbocycles. The van der Waals surface area contributed by atoms with E-state index in [1.54, 1.807) is 6.92 Å². The minimum Gasteiger partial charge on any atom is -0.395 e. The van der Waals surface area contributed by atoms with Crippen LogP contribution in [0.25, 0.3) is 0 Å². The summed E-state index contributed by atoms with van der Waals surface area (Å²) in [4.78, 5) is 0. The molecule has 0 unspecified atom stereocenters. The van der Waals surface area contributed by atoms with Gasteiger partial charge in [-0.3, -0.25) is 0 Å². The first-order valence-electron chi connectivity index (χ1n) is 5.27. The Morgan fingerprint density at radius 2 is 2.12 bits per heavy atom. The number of nitrogens with two attached hydrogens (primary N) is 1. The van der Waals surface area contributed by atoms with Gasteiger partial charge in [0.25, 0.3) is 0 Å². The van der Waals surface area contributed by atoms with Crippen molar-refractivity contribution in [3.63, 3.8) is 0 Å². The SMILES string of the molecule is CC[C@@H](O)[C@@H](N)c1cccc2c1OC(F)(F)O2. The van der Waals surface area contributed by atoms with Gasteiger partial charge in [-0.15, -0.1) is 8.78 Å². The summed E-state index contributed by atoms with van der Waals surface area (Å²) in [5.41, 5.74) is 6.09. The second-order valence-electron chi connectivity index (χ2n) is 3.84. The Kier molecular flexibility index (Phi) is 2.92. The molecule has 0 bridgehead atoms. The van der Waals surface area contributed by atoms with Gasteiger partial charge in [-0.1, -0.05) is 19.1 Å². The van der Waals surface area contributed by atoms with Crippen LogP contribution in [0, 0.1) is 0 Å². The molecule has 0 aromatic heterocycles. The molecule has 1 heterocycles. The number of hydrogen-bond acceptors (Lipinski definition) is 4. The third-order valence-corrected chi connectivity index (χ3v) is 2.65. The zero-order valence-corrected chi connectivity index (χ0v) is 9.19. The van der Waals surface area contributed by atoms with Crippen molar-refractivity contribution in [2.75, 3.05) is 0 Å². The number of rotatable bonds is 3. The highest BCUT2D eigenvalue weighted by Gasteiger charge is 2.45. The van der Waals surface area contributed by atoms with E-state index in [2.05, 4.69) is 9.47 Å². The molecule has 2 atom stereocenters. The van der Waals surface area contributed by atoms with E-state index in [0.29, 0.717) is 12.0 Å². The smallest absolute Gasteiger partial charge is 0.395 e.